The molecule has 0 spiro atoms. The summed E-state index contributed by atoms with van der Waals surface area (Å²) >= 11 is 6.27. The van der Waals surface area contributed by atoms with Crippen molar-refractivity contribution >= 4 is 23.4 Å². The first-order valence-electron chi connectivity index (χ1n) is 8.66. The van der Waals surface area contributed by atoms with Gasteiger partial charge in [0.1, 0.15) is 11.4 Å². The number of primary amides is 1. The van der Waals surface area contributed by atoms with Crippen LogP contribution in [-0.2, 0) is 11.2 Å². The number of halogens is 1. The molecule has 0 saturated carbocycles. The zero-order chi connectivity index (χ0) is 20.1. The molecular weight excluding hydrogens is 384 g/mol. The van der Waals surface area contributed by atoms with E-state index in [2.05, 4.69) is 16.9 Å². The summed E-state index contributed by atoms with van der Waals surface area (Å²) in [5, 5.41) is 14.9. The first-order valence-corrected chi connectivity index (χ1v) is 9.03. The van der Waals surface area contributed by atoms with Gasteiger partial charge in [-0.3, -0.25) is 9.59 Å². The van der Waals surface area contributed by atoms with Crippen LogP contribution in [0.1, 0.15) is 28.2 Å². The lowest BCUT2D eigenvalue weighted by Gasteiger charge is -2.13. The Morgan fingerprint density at radius 1 is 1.46 bits per heavy atom. The Bertz CT molecular complexity index is 1070. The molecule has 1 aromatic heterocycles. The van der Waals surface area contributed by atoms with Crippen LogP contribution >= 0.6 is 11.6 Å². The number of fused-ring (bicyclic) bond motifs is 3. The third-order valence-electron chi connectivity index (χ3n) is 4.86. The monoisotopic (exact) mass is 400 g/mol. The lowest BCUT2D eigenvalue weighted by Crippen LogP contribution is -2.37. The number of amides is 2. The highest BCUT2D eigenvalue weighted by Crippen LogP contribution is 2.32. The number of rotatable bonds is 1. The first kappa shape index (κ1) is 18.3. The van der Waals surface area contributed by atoms with Crippen molar-refractivity contribution in [2.75, 3.05) is 20.2 Å². The Morgan fingerprint density at radius 3 is 2.93 bits per heavy atom. The Kier molecular flexibility index (Phi) is 4.29. The highest BCUT2D eigenvalue weighted by molar-refractivity contribution is 6.34. The molecule has 8 nitrogen and oxygen atoms in total. The van der Waals surface area contributed by atoms with Crippen LogP contribution in [0.4, 0.5) is 0 Å². The van der Waals surface area contributed by atoms with E-state index in [0.717, 1.165) is 0 Å². The lowest BCUT2D eigenvalue weighted by molar-refractivity contribution is -0.137. The first-order chi connectivity index (χ1) is 13.3. The fourth-order valence-corrected chi connectivity index (χ4v) is 3.60. The van der Waals surface area contributed by atoms with Crippen LogP contribution in [0.5, 0.6) is 5.75 Å². The maximum Gasteiger partial charge on any atom is 0.270 e. The number of ether oxygens (including phenoxy) is 1. The van der Waals surface area contributed by atoms with Crippen molar-refractivity contribution in [1.29, 1.82) is 0 Å². The number of nitrogens with two attached hydrogens (primary N) is 1. The molecule has 28 heavy (non-hydrogen) atoms. The van der Waals surface area contributed by atoms with E-state index < -0.39 is 17.4 Å². The van der Waals surface area contributed by atoms with Crippen molar-refractivity contribution in [1.82, 2.24) is 14.7 Å². The van der Waals surface area contributed by atoms with E-state index in [-0.39, 0.29) is 17.1 Å². The van der Waals surface area contributed by atoms with Gasteiger partial charge in [-0.05, 0) is 18.2 Å². The van der Waals surface area contributed by atoms with E-state index in [1.807, 2.05) is 0 Å². The number of likely N-dealkylation sites (tertiary alicyclic amines) is 1. The van der Waals surface area contributed by atoms with Crippen LogP contribution in [0.15, 0.2) is 18.2 Å². The fourth-order valence-electron chi connectivity index (χ4n) is 3.29. The minimum absolute atomic E-state index is 0.00472. The molecule has 4 rings (SSSR count). The predicted octanol–water partition coefficient (Wildman–Crippen LogP) is 0.504. The molecule has 1 atom stereocenters. The van der Waals surface area contributed by atoms with Crippen molar-refractivity contribution in [3.8, 4) is 23.3 Å². The molecule has 0 bridgehead atoms. The van der Waals surface area contributed by atoms with Gasteiger partial charge >= 0.3 is 0 Å². The van der Waals surface area contributed by atoms with Gasteiger partial charge in [0, 0.05) is 32.0 Å². The van der Waals surface area contributed by atoms with Gasteiger partial charge in [0.25, 0.3) is 11.8 Å². The third-order valence-corrected chi connectivity index (χ3v) is 5.25. The SMILES string of the molecule is CN1CC[C@@](O)(C#Cc2ccc3c(c2)-n2nc(C(N)=O)c(Cl)c2CCO3)C1=O. The topological polar surface area (TPSA) is 111 Å². The molecular formula is C19H17ClN4O4. The van der Waals surface area contributed by atoms with Gasteiger partial charge in [-0.15, -0.1) is 0 Å². The normalized spacial score (nSPS) is 20.5. The average Bonchev–Trinajstić information content (AvgIpc) is 3.05. The van der Waals surface area contributed by atoms with E-state index in [0.29, 0.717) is 42.3 Å². The summed E-state index contributed by atoms with van der Waals surface area (Å²) in [6.45, 7) is 0.815. The molecule has 1 aromatic carbocycles. The second kappa shape index (κ2) is 6.55. The van der Waals surface area contributed by atoms with Gasteiger partial charge in [-0.2, -0.15) is 5.10 Å². The summed E-state index contributed by atoms with van der Waals surface area (Å²) in [4.78, 5) is 25.1. The van der Waals surface area contributed by atoms with Crippen molar-refractivity contribution < 1.29 is 19.4 Å². The molecule has 2 aliphatic heterocycles. The summed E-state index contributed by atoms with van der Waals surface area (Å²) in [5.74, 6) is 4.96. The number of hydrogen-bond donors (Lipinski definition) is 2. The number of hydrogen-bond acceptors (Lipinski definition) is 5. The molecule has 9 heteroatoms. The summed E-state index contributed by atoms with van der Waals surface area (Å²) in [5.41, 5.74) is 5.39. The van der Waals surface area contributed by atoms with Gasteiger partial charge in [-0.25, -0.2) is 4.68 Å². The number of benzene rings is 1. The van der Waals surface area contributed by atoms with Crippen LogP contribution in [0.3, 0.4) is 0 Å². The minimum atomic E-state index is -1.68. The van der Waals surface area contributed by atoms with Gasteiger partial charge in [-0.1, -0.05) is 23.4 Å². The molecule has 1 saturated heterocycles. The molecule has 2 amide bonds. The molecule has 0 aliphatic carbocycles. The Hall–Kier alpha value is -3.02. The minimum Gasteiger partial charge on any atom is -0.491 e. The number of likely N-dealkylation sites (N-methyl/N-ethyl adjacent to an activating group) is 1. The quantitative estimate of drug-likeness (QED) is 0.677. The third kappa shape index (κ3) is 2.89. The largest absolute Gasteiger partial charge is 0.491 e. The summed E-state index contributed by atoms with van der Waals surface area (Å²) in [7, 11) is 1.63. The lowest BCUT2D eigenvalue weighted by atomic mass is 10.0. The summed E-state index contributed by atoms with van der Waals surface area (Å²) in [6.07, 6.45) is 0.708. The Morgan fingerprint density at radius 2 is 2.25 bits per heavy atom. The van der Waals surface area contributed by atoms with E-state index in [9.17, 15) is 14.7 Å². The van der Waals surface area contributed by atoms with Crippen LogP contribution in [0.25, 0.3) is 5.69 Å². The number of aromatic nitrogens is 2. The van der Waals surface area contributed by atoms with Crippen LogP contribution < -0.4 is 10.5 Å². The number of nitrogens with zero attached hydrogens (tertiary/aromatic N) is 3. The Labute approximate surface area is 165 Å². The molecule has 3 heterocycles. The molecule has 3 N–H and O–H groups in total. The van der Waals surface area contributed by atoms with Crippen molar-refractivity contribution in [3.63, 3.8) is 0 Å². The van der Waals surface area contributed by atoms with E-state index in [1.165, 1.54) is 9.58 Å². The fraction of sp³-hybridized carbons (Fsp3) is 0.316. The van der Waals surface area contributed by atoms with Gasteiger partial charge in [0.05, 0.1) is 17.3 Å². The van der Waals surface area contributed by atoms with Crippen molar-refractivity contribution in [3.05, 3.63) is 40.2 Å². The van der Waals surface area contributed by atoms with Crippen LogP contribution in [0.2, 0.25) is 5.02 Å². The summed E-state index contributed by atoms with van der Waals surface area (Å²) in [6, 6.07) is 5.15. The molecule has 0 unspecified atom stereocenters. The van der Waals surface area contributed by atoms with Crippen LogP contribution in [-0.4, -0.2) is 57.4 Å². The molecule has 144 valence electrons. The smallest absolute Gasteiger partial charge is 0.270 e. The van der Waals surface area contributed by atoms with Crippen molar-refractivity contribution in [2.45, 2.75) is 18.4 Å². The van der Waals surface area contributed by atoms with E-state index >= 15 is 0 Å². The van der Waals surface area contributed by atoms with Gasteiger partial charge in [0.2, 0.25) is 5.60 Å². The molecule has 2 aromatic rings. The molecule has 1 fully saturated rings. The standard InChI is InChI=1S/C19H17ClN4O4/c1-23-8-7-19(27,18(23)26)6-4-11-2-3-14-13(10-11)24-12(5-9-28-14)15(20)16(22-24)17(21)25/h2-3,10,27H,5,7-9H2,1H3,(H2,21,25)/t19-/m0/s1. The highest BCUT2D eigenvalue weighted by atomic mass is 35.5. The second-order valence-corrected chi connectivity index (χ2v) is 7.13. The zero-order valence-corrected chi connectivity index (χ0v) is 15.8. The van der Waals surface area contributed by atoms with Gasteiger partial charge < -0.3 is 20.5 Å². The van der Waals surface area contributed by atoms with E-state index in [1.54, 1.807) is 25.2 Å². The highest BCUT2D eigenvalue weighted by Gasteiger charge is 2.42. The molecule has 0 radical (unpaired) electrons. The van der Waals surface area contributed by atoms with Crippen molar-refractivity contribution in [2.24, 2.45) is 5.73 Å². The van der Waals surface area contributed by atoms with E-state index in [4.69, 9.17) is 22.1 Å². The zero-order valence-electron chi connectivity index (χ0n) is 15.0. The average molecular weight is 401 g/mol. The number of aliphatic hydroxyl groups is 1. The number of carbonyl (C=O) groups is 2. The number of carbonyl (C=O) groups excluding carboxylic acids is 2. The molecule has 2 aliphatic rings. The maximum absolute atomic E-state index is 12.1. The predicted molar refractivity (Wildman–Crippen MR) is 100 cm³/mol. The van der Waals surface area contributed by atoms with Crippen LogP contribution in [0, 0.1) is 11.8 Å². The Balaban J connectivity index is 1.77. The maximum atomic E-state index is 12.1. The van der Waals surface area contributed by atoms with Gasteiger partial charge in [0.15, 0.2) is 5.69 Å². The summed E-state index contributed by atoms with van der Waals surface area (Å²) < 4.78 is 7.26. The second-order valence-electron chi connectivity index (χ2n) is 6.75.